The minimum atomic E-state index is -0.989. The maximum absolute atomic E-state index is 11.2. The molecule has 0 aromatic rings. The highest BCUT2D eigenvalue weighted by atomic mass is 16.5. The van der Waals surface area contributed by atoms with Crippen molar-refractivity contribution in [2.24, 2.45) is 11.5 Å². The summed E-state index contributed by atoms with van der Waals surface area (Å²) in [4.78, 5) is 13.3. The molecular formula is C11H25N3O2. The van der Waals surface area contributed by atoms with E-state index in [9.17, 15) is 4.79 Å². The summed E-state index contributed by atoms with van der Waals surface area (Å²) in [5.41, 5.74) is 10.1. The summed E-state index contributed by atoms with van der Waals surface area (Å²) in [6.45, 7) is 7.71. The standard InChI is InChI=1S/C11H25N3O2/c1-5-9(2)14(6-7-16-4)8-11(3,13)10(12)15/h9H,5-8,13H2,1-4H3,(H2,12,15). The minimum Gasteiger partial charge on any atom is -0.383 e. The van der Waals surface area contributed by atoms with Gasteiger partial charge in [0.05, 0.1) is 6.61 Å². The fraction of sp³-hybridized carbons (Fsp3) is 0.909. The van der Waals surface area contributed by atoms with Crippen LogP contribution in [0.2, 0.25) is 0 Å². The van der Waals surface area contributed by atoms with Crippen molar-refractivity contribution in [3.63, 3.8) is 0 Å². The number of methoxy groups -OCH3 is 1. The number of ether oxygens (including phenoxy) is 1. The summed E-state index contributed by atoms with van der Waals surface area (Å²) < 4.78 is 5.04. The maximum atomic E-state index is 11.2. The van der Waals surface area contributed by atoms with E-state index in [1.165, 1.54) is 0 Å². The fourth-order valence-corrected chi connectivity index (χ4v) is 1.42. The van der Waals surface area contributed by atoms with Gasteiger partial charge in [-0.05, 0) is 20.3 Å². The number of nitrogens with two attached hydrogens (primary N) is 2. The second-order valence-corrected chi connectivity index (χ2v) is 4.50. The van der Waals surface area contributed by atoms with Crippen LogP contribution in [-0.2, 0) is 9.53 Å². The Balaban J connectivity index is 4.46. The number of hydrogen-bond acceptors (Lipinski definition) is 4. The summed E-state index contributed by atoms with van der Waals surface area (Å²) in [5, 5.41) is 0. The predicted molar refractivity (Wildman–Crippen MR) is 65.0 cm³/mol. The number of rotatable bonds is 8. The molecule has 5 nitrogen and oxygen atoms in total. The molecule has 0 rings (SSSR count). The Morgan fingerprint density at radius 3 is 2.50 bits per heavy atom. The lowest BCUT2D eigenvalue weighted by molar-refractivity contribution is -0.123. The van der Waals surface area contributed by atoms with Crippen molar-refractivity contribution in [1.82, 2.24) is 4.90 Å². The van der Waals surface area contributed by atoms with Crippen LogP contribution in [0.15, 0.2) is 0 Å². The molecule has 0 saturated carbocycles. The molecule has 2 unspecified atom stereocenters. The van der Waals surface area contributed by atoms with Crippen molar-refractivity contribution in [2.75, 3.05) is 26.8 Å². The summed E-state index contributed by atoms with van der Waals surface area (Å²) in [7, 11) is 1.66. The Labute approximate surface area is 98.1 Å². The van der Waals surface area contributed by atoms with Crippen molar-refractivity contribution < 1.29 is 9.53 Å². The summed E-state index contributed by atoms with van der Waals surface area (Å²) in [5.74, 6) is -0.474. The third kappa shape index (κ3) is 4.92. The van der Waals surface area contributed by atoms with Crippen LogP contribution < -0.4 is 11.5 Å². The Kier molecular flexibility index (Phi) is 6.55. The Bertz CT molecular complexity index is 219. The SMILES string of the molecule is CCC(C)N(CCOC)CC(C)(N)C(N)=O. The first kappa shape index (κ1) is 15.3. The molecule has 0 aromatic heterocycles. The van der Waals surface area contributed by atoms with Crippen LogP contribution in [0.5, 0.6) is 0 Å². The van der Waals surface area contributed by atoms with E-state index < -0.39 is 11.4 Å². The average molecular weight is 231 g/mol. The lowest BCUT2D eigenvalue weighted by atomic mass is 10.0. The molecule has 5 heteroatoms. The quantitative estimate of drug-likeness (QED) is 0.613. The molecule has 0 fully saturated rings. The smallest absolute Gasteiger partial charge is 0.238 e. The van der Waals surface area contributed by atoms with E-state index >= 15 is 0 Å². The number of hydrogen-bond donors (Lipinski definition) is 2. The largest absolute Gasteiger partial charge is 0.383 e. The van der Waals surface area contributed by atoms with E-state index in [0.717, 1.165) is 13.0 Å². The van der Waals surface area contributed by atoms with E-state index in [0.29, 0.717) is 19.2 Å². The lowest BCUT2D eigenvalue weighted by Gasteiger charge is -2.34. The number of carbonyl (C=O) groups excluding carboxylic acids is 1. The van der Waals surface area contributed by atoms with E-state index in [1.807, 2.05) is 0 Å². The van der Waals surface area contributed by atoms with E-state index in [1.54, 1.807) is 14.0 Å². The first-order chi connectivity index (χ1) is 7.35. The van der Waals surface area contributed by atoms with Gasteiger partial charge in [0, 0.05) is 26.2 Å². The highest BCUT2D eigenvalue weighted by Crippen LogP contribution is 2.09. The van der Waals surface area contributed by atoms with Gasteiger partial charge in [-0.25, -0.2) is 0 Å². The third-order valence-corrected chi connectivity index (χ3v) is 2.89. The van der Waals surface area contributed by atoms with Crippen molar-refractivity contribution in [1.29, 1.82) is 0 Å². The van der Waals surface area contributed by atoms with E-state index in [4.69, 9.17) is 16.2 Å². The molecule has 0 aliphatic carbocycles. The molecule has 0 aliphatic rings. The van der Waals surface area contributed by atoms with Gasteiger partial charge in [0.2, 0.25) is 5.91 Å². The topological polar surface area (TPSA) is 81.6 Å². The van der Waals surface area contributed by atoms with Gasteiger partial charge in [0.25, 0.3) is 0 Å². The van der Waals surface area contributed by atoms with Crippen LogP contribution in [-0.4, -0.2) is 49.2 Å². The van der Waals surface area contributed by atoms with Crippen LogP contribution in [0.4, 0.5) is 0 Å². The second kappa shape index (κ2) is 6.83. The Morgan fingerprint density at radius 2 is 2.12 bits per heavy atom. The minimum absolute atomic E-state index is 0.359. The zero-order valence-electron chi connectivity index (χ0n) is 10.8. The zero-order valence-corrected chi connectivity index (χ0v) is 10.8. The highest BCUT2D eigenvalue weighted by molar-refractivity contribution is 5.84. The van der Waals surface area contributed by atoms with E-state index in [-0.39, 0.29) is 0 Å². The Morgan fingerprint density at radius 1 is 1.56 bits per heavy atom. The fourth-order valence-electron chi connectivity index (χ4n) is 1.42. The zero-order chi connectivity index (χ0) is 12.8. The number of amides is 1. The van der Waals surface area contributed by atoms with Gasteiger partial charge in [0.15, 0.2) is 0 Å². The van der Waals surface area contributed by atoms with Crippen molar-refractivity contribution in [3.05, 3.63) is 0 Å². The maximum Gasteiger partial charge on any atom is 0.238 e. The van der Waals surface area contributed by atoms with Gasteiger partial charge >= 0.3 is 0 Å². The molecule has 0 radical (unpaired) electrons. The van der Waals surface area contributed by atoms with Crippen LogP contribution in [0.25, 0.3) is 0 Å². The third-order valence-electron chi connectivity index (χ3n) is 2.89. The molecule has 0 aromatic carbocycles. The lowest BCUT2D eigenvalue weighted by Crippen LogP contribution is -2.58. The van der Waals surface area contributed by atoms with Gasteiger partial charge in [-0.1, -0.05) is 6.92 Å². The molecule has 16 heavy (non-hydrogen) atoms. The van der Waals surface area contributed by atoms with E-state index in [2.05, 4.69) is 18.7 Å². The number of primary amides is 1. The summed E-state index contributed by atoms with van der Waals surface area (Å²) in [6, 6.07) is 0.359. The monoisotopic (exact) mass is 231 g/mol. The molecule has 0 spiro atoms. The molecule has 96 valence electrons. The molecule has 0 saturated heterocycles. The van der Waals surface area contributed by atoms with Crippen molar-refractivity contribution >= 4 is 5.91 Å². The summed E-state index contributed by atoms with van der Waals surface area (Å²) in [6.07, 6.45) is 0.999. The van der Waals surface area contributed by atoms with Crippen molar-refractivity contribution in [3.8, 4) is 0 Å². The molecule has 0 heterocycles. The van der Waals surface area contributed by atoms with Gasteiger partial charge in [-0.3, -0.25) is 9.69 Å². The van der Waals surface area contributed by atoms with Gasteiger partial charge in [-0.2, -0.15) is 0 Å². The van der Waals surface area contributed by atoms with Gasteiger partial charge in [0.1, 0.15) is 5.54 Å². The molecule has 2 atom stereocenters. The average Bonchev–Trinajstić information content (AvgIpc) is 2.22. The first-order valence-electron chi connectivity index (χ1n) is 5.67. The van der Waals surface area contributed by atoms with Crippen LogP contribution in [0, 0.1) is 0 Å². The molecule has 1 amide bonds. The Hall–Kier alpha value is -0.650. The van der Waals surface area contributed by atoms with Crippen LogP contribution >= 0.6 is 0 Å². The molecule has 4 N–H and O–H groups in total. The second-order valence-electron chi connectivity index (χ2n) is 4.50. The van der Waals surface area contributed by atoms with Gasteiger partial charge in [-0.15, -0.1) is 0 Å². The predicted octanol–water partition coefficient (Wildman–Crippen LogP) is -0.0640. The molecular weight excluding hydrogens is 206 g/mol. The molecule has 0 bridgehead atoms. The van der Waals surface area contributed by atoms with Gasteiger partial charge < -0.3 is 16.2 Å². The van der Waals surface area contributed by atoms with Crippen molar-refractivity contribution in [2.45, 2.75) is 38.8 Å². The molecule has 0 aliphatic heterocycles. The highest BCUT2D eigenvalue weighted by Gasteiger charge is 2.29. The first-order valence-corrected chi connectivity index (χ1v) is 5.67. The van der Waals surface area contributed by atoms with Crippen LogP contribution in [0.1, 0.15) is 27.2 Å². The summed E-state index contributed by atoms with van der Waals surface area (Å²) >= 11 is 0. The number of nitrogens with zero attached hydrogens (tertiary/aromatic N) is 1. The normalized spacial score (nSPS) is 17.1. The number of carbonyl (C=O) groups is 1. The van der Waals surface area contributed by atoms with Crippen LogP contribution in [0.3, 0.4) is 0 Å².